The molecule has 0 radical (unpaired) electrons. The second kappa shape index (κ2) is 6.18. The summed E-state index contributed by atoms with van der Waals surface area (Å²) in [4.78, 5) is 11.7. The van der Waals surface area contributed by atoms with Crippen LogP contribution >= 0.6 is 0 Å². The summed E-state index contributed by atoms with van der Waals surface area (Å²) < 4.78 is 18.1. The fraction of sp³-hybridized carbons (Fsp3) is 0.286. The predicted octanol–water partition coefficient (Wildman–Crippen LogP) is 1.86. The van der Waals surface area contributed by atoms with Crippen molar-refractivity contribution in [3.8, 4) is 5.75 Å². The maximum absolute atomic E-state index is 12.9. The van der Waals surface area contributed by atoms with Crippen molar-refractivity contribution in [2.24, 2.45) is 0 Å². The first kappa shape index (κ1) is 14.0. The molecule has 0 aliphatic heterocycles. The molecular weight excluding hydrogens is 261 g/mol. The van der Waals surface area contributed by atoms with Crippen LogP contribution < -0.4 is 10.1 Å². The van der Waals surface area contributed by atoms with Gasteiger partial charge in [-0.3, -0.25) is 9.89 Å². The molecule has 0 unspecified atom stereocenters. The second-order valence-corrected chi connectivity index (χ2v) is 4.44. The number of halogens is 1. The number of carbonyl (C=O) groups excluding carboxylic acids is 1. The van der Waals surface area contributed by atoms with Gasteiger partial charge in [-0.15, -0.1) is 0 Å². The smallest absolute Gasteiger partial charge is 0.258 e. The van der Waals surface area contributed by atoms with E-state index in [9.17, 15) is 9.18 Å². The first-order chi connectivity index (χ1) is 9.56. The van der Waals surface area contributed by atoms with Crippen LogP contribution in [-0.2, 0) is 11.3 Å². The number of benzene rings is 1. The molecule has 0 aliphatic carbocycles. The quantitative estimate of drug-likeness (QED) is 0.876. The van der Waals surface area contributed by atoms with Crippen molar-refractivity contribution >= 4 is 5.91 Å². The first-order valence-corrected chi connectivity index (χ1v) is 6.22. The van der Waals surface area contributed by atoms with Crippen molar-refractivity contribution in [2.45, 2.75) is 20.4 Å². The van der Waals surface area contributed by atoms with E-state index in [0.29, 0.717) is 12.3 Å². The van der Waals surface area contributed by atoms with Gasteiger partial charge in [0.2, 0.25) is 0 Å². The highest BCUT2D eigenvalue weighted by Crippen LogP contribution is 2.12. The van der Waals surface area contributed by atoms with E-state index in [4.69, 9.17) is 4.74 Å². The van der Waals surface area contributed by atoms with E-state index in [2.05, 4.69) is 15.5 Å². The van der Waals surface area contributed by atoms with E-state index in [1.165, 1.54) is 18.2 Å². The van der Waals surface area contributed by atoms with Gasteiger partial charge in [0.1, 0.15) is 11.6 Å². The zero-order valence-electron chi connectivity index (χ0n) is 11.4. The summed E-state index contributed by atoms with van der Waals surface area (Å²) in [7, 11) is 0. The van der Waals surface area contributed by atoms with Crippen molar-refractivity contribution in [3.63, 3.8) is 0 Å². The number of carbonyl (C=O) groups is 1. The van der Waals surface area contributed by atoms with Crippen LogP contribution in [0.4, 0.5) is 4.39 Å². The number of aromatic amines is 1. The summed E-state index contributed by atoms with van der Waals surface area (Å²) in [5.41, 5.74) is 2.74. The summed E-state index contributed by atoms with van der Waals surface area (Å²) in [6.07, 6.45) is 0. The van der Waals surface area contributed by atoms with Crippen LogP contribution in [0.5, 0.6) is 5.75 Å². The van der Waals surface area contributed by atoms with Crippen molar-refractivity contribution in [3.05, 3.63) is 47.0 Å². The van der Waals surface area contributed by atoms with Gasteiger partial charge in [-0.2, -0.15) is 5.10 Å². The third-order valence-corrected chi connectivity index (χ3v) is 2.91. The van der Waals surface area contributed by atoms with Gasteiger partial charge in [0.25, 0.3) is 5.91 Å². The Bertz CT molecular complexity index is 591. The van der Waals surface area contributed by atoms with Gasteiger partial charge in [0.15, 0.2) is 6.61 Å². The van der Waals surface area contributed by atoms with Gasteiger partial charge < -0.3 is 10.1 Å². The lowest BCUT2D eigenvalue weighted by Gasteiger charge is -2.07. The number of hydrogen-bond donors (Lipinski definition) is 2. The lowest BCUT2D eigenvalue weighted by atomic mass is 10.2. The van der Waals surface area contributed by atoms with E-state index < -0.39 is 5.82 Å². The van der Waals surface area contributed by atoms with Gasteiger partial charge >= 0.3 is 0 Å². The highest BCUT2D eigenvalue weighted by Gasteiger charge is 2.08. The summed E-state index contributed by atoms with van der Waals surface area (Å²) >= 11 is 0. The molecule has 106 valence electrons. The Labute approximate surface area is 116 Å². The van der Waals surface area contributed by atoms with Crippen LogP contribution in [0.1, 0.15) is 17.0 Å². The number of aryl methyl sites for hydroxylation is 2. The molecule has 2 rings (SSSR count). The van der Waals surface area contributed by atoms with Crippen LogP contribution in [0, 0.1) is 19.7 Å². The van der Waals surface area contributed by atoms with Gasteiger partial charge in [0.05, 0.1) is 5.69 Å². The van der Waals surface area contributed by atoms with E-state index in [0.717, 1.165) is 17.0 Å². The Kier molecular flexibility index (Phi) is 4.34. The lowest BCUT2D eigenvalue weighted by Crippen LogP contribution is -2.28. The van der Waals surface area contributed by atoms with Gasteiger partial charge in [-0.05, 0) is 26.0 Å². The molecule has 5 nitrogen and oxygen atoms in total. The molecule has 0 bridgehead atoms. The molecule has 0 saturated heterocycles. The number of hydrogen-bond acceptors (Lipinski definition) is 3. The monoisotopic (exact) mass is 277 g/mol. The first-order valence-electron chi connectivity index (χ1n) is 6.22. The highest BCUT2D eigenvalue weighted by atomic mass is 19.1. The molecule has 0 fully saturated rings. The minimum Gasteiger partial charge on any atom is -0.484 e. The summed E-state index contributed by atoms with van der Waals surface area (Å²) in [5, 5.41) is 9.63. The molecule has 0 spiro atoms. The molecular formula is C14H16FN3O2. The van der Waals surface area contributed by atoms with Gasteiger partial charge in [-0.25, -0.2) is 4.39 Å². The molecule has 6 heteroatoms. The van der Waals surface area contributed by atoms with Crippen LogP contribution in [0.25, 0.3) is 0 Å². The van der Waals surface area contributed by atoms with E-state index in [1.54, 1.807) is 6.07 Å². The Hall–Kier alpha value is -2.37. The molecule has 1 aromatic carbocycles. The molecule has 2 aromatic rings. The number of aromatic nitrogens is 2. The van der Waals surface area contributed by atoms with Crippen molar-refractivity contribution < 1.29 is 13.9 Å². The molecule has 1 aromatic heterocycles. The normalized spacial score (nSPS) is 10.3. The second-order valence-electron chi connectivity index (χ2n) is 4.44. The Morgan fingerprint density at radius 2 is 2.25 bits per heavy atom. The molecule has 0 aliphatic rings. The zero-order chi connectivity index (χ0) is 14.5. The van der Waals surface area contributed by atoms with Gasteiger partial charge in [0, 0.05) is 23.9 Å². The fourth-order valence-corrected chi connectivity index (χ4v) is 1.78. The molecule has 2 N–H and O–H groups in total. The van der Waals surface area contributed by atoms with Crippen LogP contribution in [0.15, 0.2) is 24.3 Å². The molecule has 1 heterocycles. The summed E-state index contributed by atoms with van der Waals surface area (Å²) in [6.45, 7) is 4.00. The average molecular weight is 277 g/mol. The van der Waals surface area contributed by atoms with E-state index in [1.807, 2.05) is 13.8 Å². The van der Waals surface area contributed by atoms with Crippen LogP contribution in [-0.4, -0.2) is 22.7 Å². The number of H-pyrrole nitrogens is 1. The topological polar surface area (TPSA) is 67.0 Å². The number of nitrogens with one attached hydrogen (secondary N) is 2. The lowest BCUT2D eigenvalue weighted by molar-refractivity contribution is -0.123. The fourth-order valence-electron chi connectivity index (χ4n) is 1.78. The zero-order valence-corrected chi connectivity index (χ0v) is 11.4. The maximum atomic E-state index is 12.9. The summed E-state index contributed by atoms with van der Waals surface area (Å²) in [5.74, 6) is -0.336. The number of rotatable bonds is 5. The standard InChI is InChI=1S/C14H16FN3O2/c1-9-13(10(2)18-17-9)7-16-14(19)8-20-12-5-3-4-11(15)6-12/h3-6H,7-8H2,1-2H3,(H,16,19)(H,17,18). The average Bonchev–Trinajstić information content (AvgIpc) is 2.74. The SMILES string of the molecule is Cc1n[nH]c(C)c1CNC(=O)COc1cccc(F)c1. The third kappa shape index (κ3) is 3.57. The third-order valence-electron chi connectivity index (χ3n) is 2.91. The molecule has 0 atom stereocenters. The maximum Gasteiger partial charge on any atom is 0.258 e. The number of ether oxygens (including phenoxy) is 1. The van der Waals surface area contributed by atoms with E-state index in [-0.39, 0.29) is 12.5 Å². The van der Waals surface area contributed by atoms with Crippen molar-refractivity contribution in [1.82, 2.24) is 15.5 Å². The summed E-state index contributed by atoms with van der Waals surface area (Å²) in [6, 6.07) is 5.68. The van der Waals surface area contributed by atoms with Crippen molar-refractivity contribution in [1.29, 1.82) is 0 Å². The highest BCUT2D eigenvalue weighted by molar-refractivity contribution is 5.77. The number of nitrogens with zero attached hydrogens (tertiary/aromatic N) is 1. The number of amides is 1. The Morgan fingerprint density at radius 3 is 2.90 bits per heavy atom. The Morgan fingerprint density at radius 1 is 1.45 bits per heavy atom. The van der Waals surface area contributed by atoms with Crippen molar-refractivity contribution in [2.75, 3.05) is 6.61 Å². The van der Waals surface area contributed by atoms with Gasteiger partial charge in [-0.1, -0.05) is 6.07 Å². The van der Waals surface area contributed by atoms with Crippen LogP contribution in [0.3, 0.4) is 0 Å². The molecule has 20 heavy (non-hydrogen) atoms. The molecule has 0 saturated carbocycles. The minimum atomic E-state index is -0.396. The van der Waals surface area contributed by atoms with Crippen LogP contribution in [0.2, 0.25) is 0 Å². The molecule has 1 amide bonds. The Balaban J connectivity index is 1.81. The van der Waals surface area contributed by atoms with E-state index >= 15 is 0 Å². The largest absolute Gasteiger partial charge is 0.484 e. The predicted molar refractivity (Wildman–Crippen MR) is 71.8 cm³/mol. The minimum absolute atomic E-state index is 0.153.